The predicted molar refractivity (Wildman–Crippen MR) is 80.9 cm³/mol. The summed E-state index contributed by atoms with van der Waals surface area (Å²) in [5, 5.41) is -0.137. The van der Waals surface area contributed by atoms with E-state index in [1.165, 1.54) is 7.11 Å². The van der Waals surface area contributed by atoms with Crippen molar-refractivity contribution < 1.29 is 9.13 Å². The van der Waals surface area contributed by atoms with Crippen molar-refractivity contribution in [1.82, 2.24) is 0 Å². The van der Waals surface area contributed by atoms with Gasteiger partial charge in [0, 0.05) is 0 Å². The monoisotopic (exact) mass is 292 g/mol. The van der Waals surface area contributed by atoms with E-state index >= 15 is 0 Å². The number of methoxy groups -OCH3 is 1. The number of hydrogen-bond acceptors (Lipinski definition) is 1. The number of ether oxygens (including phenoxy) is 1. The van der Waals surface area contributed by atoms with Crippen molar-refractivity contribution in [2.24, 2.45) is 5.92 Å². The Kier molecular flexibility index (Phi) is 5.02. The summed E-state index contributed by atoms with van der Waals surface area (Å²) < 4.78 is 19.1. The van der Waals surface area contributed by atoms with Crippen LogP contribution in [-0.4, -0.2) is 7.11 Å². The summed E-state index contributed by atoms with van der Waals surface area (Å²) in [6, 6.07) is 15.1. The van der Waals surface area contributed by atoms with Crippen molar-refractivity contribution in [3.05, 3.63) is 65.5 Å². The molecule has 1 nitrogen and oxygen atoms in total. The second kappa shape index (κ2) is 6.76. The third kappa shape index (κ3) is 3.31. The van der Waals surface area contributed by atoms with Crippen LogP contribution in [0.2, 0.25) is 0 Å². The highest BCUT2D eigenvalue weighted by Gasteiger charge is 2.19. The van der Waals surface area contributed by atoms with Gasteiger partial charge in [0.05, 0.1) is 12.5 Å². The van der Waals surface area contributed by atoms with Crippen LogP contribution in [-0.2, 0) is 6.42 Å². The SMILES string of the molecule is COc1cccc(CC(C)C(Cl)c2ccccc2)c1F. The molecule has 20 heavy (non-hydrogen) atoms. The molecule has 2 atom stereocenters. The normalized spacial score (nSPS) is 13.8. The minimum atomic E-state index is -0.293. The van der Waals surface area contributed by atoms with Gasteiger partial charge >= 0.3 is 0 Å². The number of hydrogen-bond donors (Lipinski definition) is 0. The van der Waals surface area contributed by atoms with E-state index in [0.29, 0.717) is 12.0 Å². The van der Waals surface area contributed by atoms with E-state index < -0.39 is 0 Å². The lowest BCUT2D eigenvalue weighted by atomic mass is 9.93. The van der Waals surface area contributed by atoms with Crippen LogP contribution >= 0.6 is 11.6 Å². The Labute approximate surface area is 124 Å². The van der Waals surface area contributed by atoms with Crippen LogP contribution in [0.1, 0.15) is 23.4 Å². The van der Waals surface area contributed by atoms with Crippen LogP contribution in [0.4, 0.5) is 4.39 Å². The average Bonchev–Trinajstić information content (AvgIpc) is 2.49. The maximum absolute atomic E-state index is 14.1. The highest BCUT2D eigenvalue weighted by atomic mass is 35.5. The van der Waals surface area contributed by atoms with Crippen LogP contribution in [0.3, 0.4) is 0 Å². The number of halogens is 2. The molecule has 3 heteroatoms. The van der Waals surface area contributed by atoms with Gasteiger partial charge in [-0.2, -0.15) is 0 Å². The van der Waals surface area contributed by atoms with Crippen LogP contribution in [0, 0.1) is 11.7 Å². The molecule has 0 aliphatic rings. The second-order valence-electron chi connectivity index (χ2n) is 4.93. The Morgan fingerprint density at radius 2 is 1.80 bits per heavy atom. The first kappa shape index (κ1) is 14.9. The molecule has 0 spiro atoms. The van der Waals surface area contributed by atoms with Crippen LogP contribution < -0.4 is 4.74 Å². The second-order valence-corrected chi connectivity index (χ2v) is 5.40. The first-order valence-electron chi connectivity index (χ1n) is 6.64. The smallest absolute Gasteiger partial charge is 0.168 e. The molecule has 2 unspecified atom stereocenters. The fourth-order valence-electron chi connectivity index (χ4n) is 2.29. The van der Waals surface area contributed by atoms with Crippen molar-refractivity contribution in [3.63, 3.8) is 0 Å². The number of rotatable bonds is 5. The maximum Gasteiger partial charge on any atom is 0.168 e. The molecule has 0 aliphatic heterocycles. The molecular formula is C17H18ClFO. The fraction of sp³-hybridized carbons (Fsp3) is 0.294. The molecule has 106 valence electrons. The molecule has 0 aromatic heterocycles. The lowest BCUT2D eigenvalue weighted by Gasteiger charge is -2.19. The molecule has 0 bridgehead atoms. The maximum atomic E-state index is 14.1. The van der Waals surface area contributed by atoms with Gasteiger partial charge in [0.25, 0.3) is 0 Å². The fourth-order valence-corrected chi connectivity index (χ4v) is 2.52. The standard InChI is InChI=1S/C17H18ClFO/c1-12(16(18)13-7-4-3-5-8-13)11-14-9-6-10-15(20-2)17(14)19/h3-10,12,16H,11H2,1-2H3. The highest BCUT2D eigenvalue weighted by Crippen LogP contribution is 2.32. The van der Waals surface area contributed by atoms with Crippen molar-refractivity contribution in [3.8, 4) is 5.75 Å². The first-order chi connectivity index (χ1) is 9.63. The van der Waals surface area contributed by atoms with E-state index in [1.54, 1.807) is 18.2 Å². The highest BCUT2D eigenvalue weighted by molar-refractivity contribution is 6.21. The summed E-state index contributed by atoms with van der Waals surface area (Å²) in [7, 11) is 1.47. The third-order valence-electron chi connectivity index (χ3n) is 3.42. The van der Waals surface area contributed by atoms with Gasteiger partial charge in [-0.15, -0.1) is 11.6 Å². The molecular weight excluding hydrogens is 275 g/mol. The molecule has 2 aromatic carbocycles. The van der Waals surface area contributed by atoms with E-state index in [0.717, 1.165) is 5.56 Å². The largest absolute Gasteiger partial charge is 0.494 e. The van der Waals surface area contributed by atoms with Crippen LogP contribution in [0.5, 0.6) is 5.75 Å². The summed E-state index contributed by atoms with van der Waals surface area (Å²) in [6.07, 6.45) is 0.575. The van der Waals surface area contributed by atoms with Crippen molar-refractivity contribution in [2.45, 2.75) is 18.7 Å². The molecule has 0 amide bonds. The minimum absolute atomic E-state index is 0.126. The molecule has 0 heterocycles. The molecule has 0 N–H and O–H groups in total. The first-order valence-corrected chi connectivity index (χ1v) is 7.07. The van der Waals surface area contributed by atoms with Gasteiger partial charge in [0.1, 0.15) is 0 Å². The summed E-state index contributed by atoms with van der Waals surface area (Å²) in [6.45, 7) is 2.03. The van der Waals surface area contributed by atoms with Crippen molar-refractivity contribution in [1.29, 1.82) is 0 Å². The van der Waals surface area contributed by atoms with Gasteiger partial charge in [-0.3, -0.25) is 0 Å². The van der Waals surface area contributed by atoms with E-state index in [1.807, 2.05) is 37.3 Å². The Hall–Kier alpha value is -1.54. The molecule has 0 fully saturated rings. The molecule has 0 saturated carbocycles. The quantitative estimate of drug-likeness (QED) is 0.705. The Morgan fingerprint density at radius 1 is 1.10 bits per heavy atom. The molecule has 0 saturated heterocycles. The Morgan fingerprint density at radius 3 is 2.45 bits per heavy atom. The molecule has 0 aliphatic carbocycles. The summed E-state index contributed by atoms with van der Waals surface area (Å²) in [5.74, 6) is 0.111. The summed E-state index contributed by atoms with van der Waals surface area (Å²) in [5.41, 5.74) is 1.70. The van der Waals surface area contributed by atoms with Gasteiger partial charge in [-0.1, -0.05) is 49.4 Å². The van der Waals surface area contributed by atoms with E-state index in [2.05, 4.69) is 0 Å². The Bertz CT molecular complexity index is 556. The van der Waals surface area contributed by atoms with Gasteiger partial charge in [0.15, 0.2) is 11.6 Å². The van der Waals surface area contributed by atoms with Gasteiger partial charge < -0.3 is 4.74 Å². The van der Waals surface area contributed by atoms with E-state index in [9.17, 15) is 4.39 Å². The van der Waals surface area contributed by atoms with Gasteiger partial charge in [-0.25, -0.2) is 4.39 Å². The summed E-state index contributed by atoms with van der Waals surface area (Å²) in [4.78, 5) is 0. The predicted octanol–water partition coefficient (Wildman–Crippen LogP) is 4.99. The molecule has 0 radical (unpaired) electrons. The zero-order valence-corrected chi connectivity index (χ0v) is 12.4. The van der Waals surface area contributed by atoms with Crippen molar-refractivity contribution in [2.75, 3.05) is 7.11 Å². The lowest BCUT2D eigenvalue weighted by Crippen LogP contribution is -2.09. The molecule has 2 aromatic rings. The number of alkyl halides is 1. The third-order valence-corrected chi connectivity index (χ3v) is 4.10. The minimum Gasteiger partial charge on any atom is -0.494 e. The summed E-state index contributed by atoms with van der Waals surface area (Å²) >= 11 is 6.48. The van der Waals surface area contributed by atoms with Crippen molar-refractivity contribution >= 4 is 11.6 Å². The van der Waals surface area contributed by atoms with Gasteiger partial charge in [-0.05, 0) is 29.5 Å². The zero-order valence-electron chi connectivity index (χ0n) is 11.6. The average molecular weight is 293 g/mol. The van der Waals surface area contributed by atoms with E-state index in [-0.39, 0.29) is 22.9 Å². The number of benzene rings is 2. The molecule has 2 rings (SSSR count). The van der Waals surface area contributed by atoms with Gasteiger partial charge in [0.2, 0.25) is 0 Å². The zero-order chi connectivity index (χ0) is 14.5. The topological polar surface area (TPSA) is 9.23 Å². The van der Waals surface area contributed by atoms with E-state index in [4.69, 9.17) is 16.3 Å². The lowest BCUT2D eigenvalue weighted by molar-refractivity contribution is 0.382. The van der Waals surface area contributed by atoms with Crippen LogP contribution in [0.25, 0.3) is 0 Å². The van der Waals surface area contributed by atoms with Crippen LogP contribution in [0.15, 0.2) is 48.5 Å². The Balaban J connectivity index is 2.14.